The van der Waals surface area contributed by atoms with E-state index in [0.29, 0.717) is 17.5 Å². The third-order valence-corrected chi connectivity index (χ3v) is 6.50. The molecule has 1 N–H and O–H groups in total. The quantitative estimate of drug-likeness (QED) is 0.716. The van der Waals surface area contributed by atoms with Gasteiger partial charge in [0.25, 0.3) is 10.0 Å². The summed E-state index contributed by atoms with van der Waals surface area (Å²) in [6.45, 7) is 1.67. The molecular weight excluding hydrogens is 372 g/mol. The average Bonchev–Trinajstić information content (AvgIpc) is 3.24. The number of rotatable bonds is 5. The topological polar surface area (TPSA) is 66.5 Å². The Morgan fingerprint density at radius 2 is 1.57 bits per heavy atom. The number of hydrogen-bond donors (Lipinski definition) is 1. The first-order valence-corrected chi connectivity index (χ1v) is 10.9. The number of fused-ring (bicyclic) bond motifs is 1. The molecule has 1 aliphatic rings. The molecule has 3 aromatic rings. The van der Waals surface area contributed by atoms with Crippen molar-refractivity contribution in [2.24, 2.45) is 0 Å². The molecule has 1 saturated heterocycles. The van der Waals surface area contributed by atoms with Crippen molar-refractivity contribution in [3.05, 3.63) is 72.3 Å². The predicted octanol–water partition coefficient (Wildman–Crippen LogP) is 3.81. The van der Waals surface area contributed by atoms with Gasteiger partial charge in [0.05, 0.1) is 11.3 Å². The number of nitrogens with zero attached hydrogens (tertiary/aromatic N) is 1. The van der Waals surface area contributed by atoms with Gasteiger partial charge in [0.1, 0.15) is 0 Å². The molecule has 0 spiro atoms. The van der Waals surface area contributed by atoms with Crippen molar-refractivity contribution < 1.29 is 13.2 Å². The zero-order valence-corrected chi connectivity index (χ0v) is 16.3. The Morgan fingerprint density at radius 3 is 2.32 bits per heavy atom. The van der Waals surface area contributed by atoms with Crippen LogP contribution in [0.25, 0.3) is 10.8 Å². The Morgan fingerprint density at radius 1 is 0.893 bits per heavy atom. The van der Waals surface area contributed by atoms with Crippen LogP contribution in [-0.4, -0.2) is 32.3 Å². The summed E-state index contributed by atoms with van der Waals surface area (Å²) < 4.78 is 28.4. The van der Waals surface area contributed by atoms with Gasteiger partial charge < -0.3 is 4.90 Å². The lowest BCUT2D eigenvalue weighted by molar-refractivity contribution is -0.129. The van der Waals surface area contributed by atoms with Crippen LogP contribution in [0.15, 0.2) is 71.6 Å². The number of hydrogen-bond acceptors (Lipinski definition) is 3. The van der Waals surface area contributed by atoms with Gasteiger partial charge in [-0.15, -0.1) is 0 Å². The minimum absolute atomic E-state index is 0.126. The molecule has 0 saturated carbocycles. The molecule has 0 radical (unpaired) electrons. The number of benzene rings is 3. The van der Waals surface area contributed by atoms with Gasteiger partial charge in [-0.05, 0) is 42.0 Å². The van der Waals surface area contributed by atoms with E-state index in [9.17, 15) is 13.2 Å². The summed E-state index contributed by atoms with van der Waals surface area (Å²) in [6, 6.07) is 19.6. The molecule has 1 fully saturated rings. The maximum atomic E-state index is 12.9. The fourth-order valence-electron chi connectivity index (χ4n) is 3.58. The molecule has 0 aromatic heterocycles. The molecule has 0 aliphatic carbocycles. The average molecular weight is 394 g/mol. The molecule has 6 heteroatoms. The number of nitrogens with one attached hydrogen (secondary N) is 1. The van der Waals surface area contributed by atoms with E-state index in [2.05, 4.69) is 4.72 Å². The Kier molecular flexibility index (Phi) is 5.05. The summed E-state index contributed by atoms with van der Waals surface area (Å²) in [7, 11) is -3.71. The molecule has 0 bridgehead atoms. The largest absolute Gasteiger partial charge is 0.342 e. The number of carbonyl (C=O) groups excluding carboxylic acids is 1. The zero-order chi connectivity index (χ0) is 19.6. The molecule has 1 aliphatic heterocycles. The highest BCUT2D eigenvalue weighted by molar-refractivity contribution is 7.93. The van der Waals surface area contributed by atoms with Gasteiger partial charge in [-0.2, -0.15) is 0 Å². The van der Waals surface area contributed by atoms with Gasteiger partial charge in [-0.3, -0.25) is 9.52 Å². The van der Waals surface area contributed by atoms with Crippen LogP contribution in [0.3, 0.4) is 0 Å². The summed E-state index contributed by atoms with van der Waals surface area (Å²) in [5, 5.41) is 1.56. The van der Waals surface area contributed by atoms with E-state index in [1.54, 1.807) is 42.5 Å². The minimum atomic E-state index is -3.71. The Labute approximate surface area is 165 Å². The monoisotopic (exact) mass is 394 g/mol. The van der Waals surface area contributed by atoms with Crippen LogP contribution >= 0.6 is 0 Å². The van der Waals surface area contributed by atoms with Crippen LogP contribution in [0.5, 0.6) is 0 Å². The molecule has 1 heterocycles. The maximum absolute atomic E-state index is 12.9. The molecule has 144 valence electrons. The highest BCUT2D eigenvalue weighted by Crippen LogP contribution is 2.25. The number of carbonyl (C=O) groups is 1. The standard InChI is InChI=1S/C22H22N2O3S/c25-22(24-14-3-4-15-24)16-17-10-12-19(13-11-17)23-28(26,27)21-9-5-7-18-6-1-2-8-20(18)21/h1-2,5-13,23H,3-4,14-16H2. The second-order valence-corrected chi connectivity index (χ2v) is 8.70. The second kappa shape index (κ2) is 7.64. The first-order valence-electron chi connectivity index (χ1n) is 9.40. The summed E-state index contributed by atoms with van der Waals surface area (Å²) in [5.74, 6) is 0.126. The van der Waals surface area contributed by atoms with Gasteiger partial charge in [-0.1, -0.05) is 48.5 Å². The molecule has 5 nitrogen and oxygen atoms in total. The van der Waals surface area contributed by atoms with Crippen molar-refractivity contribution in [1.82, 2.24) is 4.90 Å². The van der Waals surface area contributed by atoms with Crippen LogP contribution in [0.1, 0.15) is 18.4 Å². The van der Waals surface area contributed by atoms with E-state index >= 15 is 0 Å². The lowest BCUT2D eigenvalue weighted by atomic mass is 10.1. The molecular formula is C22H22N2O3S. The first kappa shape index (κ1) is 18.5. The molecule has 4 rings (SSSR count). The Bertz CT molecular complexity index is 1100. The highest BCUT2D eigenvalue weighted by atomic mass is 32.2. The van der Waals surface area contributed by atoms with Gasteiger partial charge in [0.15, 0.2) is 0 Å². The lowest BCUT2D eigenvalue weighted by Gasteiger charge is -2.15. The number of likely N-dealkylation sites (tertiary alicyclic amines) is 1. The highest BCUT2D eigenvalue weighted by Gasteiger charge is 2.19. The van der Waals surface area contributed by atoms with E-state index < -0.39 is 10.0 Å². The fourth-order valence-corrected chi connectivity index (χ4v) is 4.87. The van der Waals surface area contributed by atoms with Crippen molar-refractivity contribution >= 4 is 32.4 Å². The van der Waals surface area contributed by atoms with E-state index in [0.717, 1.165) is 36.9 Å². The SMILES string of the molecule is O=C(Cc1ccc(NS(=O)(=O)c2cccc3ccccc23)cc1)N1CCCC1. The van der Waals surface area contributed by atoms with Crippen molar-refractivity contribution in [2.75, 3.05) is 17.8 Å². The maximum Gasteiger partial charge on any atom is 0.262 e. The predicted molar refractivity (Wildman–Crippen MR) is 111 cm³/mol. The van der Waals surface area contributed by atoms with Gasteiger partial charge in [-0.25, -0.2) is 8.42 Å². The minimum Gasteiger partial charge on any atom is -0.342 e. The Hall–Kier alpha value is -2.86. The van der Waals surface area contributed by atoms with Crippen LogP contribution < -0.4 is 4.72 Å². The fraction of sp³-hybridized carbons (Fsp3) is 0.227. The molecule has 3 aromatic carbocycles. The van der Waals surface area contributed by atoms with Crippen LogP contribution in [-0.2, 0) is 21.2 Å². The van der Waals surface area contributed by atoms with Gasteiger partial charge in [0.2, 0.25) is 5.91 Å². The first-order chi connectivity index (χ1) is 13.5. The number of amides is 1. The van der Waals surface area contributed by atoms with Crippen molar-refractivity contribution in [3.63, 3.8) is 0 Å². The van der Waals surface area contributed by atoms with Crippen molar-refractivity contribution in [3.8, 4) is 0 Å². The Balaban J connectivity index is 1.51. The van der Waals surface area contributed by atoms with E-state index in [1.807, 2.05) is 29.2 Å². The molecule has 28 heavy (non-hydrogen) atoms. The van der Waals surface area contributed by atoms with Gasteiger partial charge in [0, 0.05) is 24.2 Å². The number of anilines is 1. The smallest absolute Gasteiger partial charge is 0.262 e. The van der Waals surface area contributed by atoms with E-state index in [1.165, 1.54) is 0 Å². The van der Waals surface area contributed by atoms with Gasteiger partial charge >= 0.3 is 0 Å². The summed E-state index contributed by atoms with van der Waals surface area (Å²) in [5.41, 5.74) is 1.36. The molecule has 0 atom stereocenters. The molecule has 1 amide bonds. The van der Waals surface area contributed by atoms with Crippen LogP contribution in [0.4, 0.5) is 5.69 Å². The number of sulfonamides is 1. The second-order valence-electron chi connectivity index (χ2n) is 7.04. The normalized spacial score (nSPS) is 14.4. The summed E-state index contributed by atoms with van der Waals surface area (Å²) in [6.07, 6.45) is 2.48. The molecule has 0 unspecified atom stereocenters. The summed E-state index contributed by atoms with van der Waals surface area (Å²) >= 11 is 0. The van der Waals surface area contributed by atoms with Crippen LogP contribution in [0.2, 0.25) is 0 Å². The van der Waals surface area contributed by atoms with Crippen molar-refractivity contribution in [1.29, 1.82) is 0 Å². The van der Waals surface area contributed by atoms with Crippen molar-refractivity contribution in [2.45, 2.75) is 24.2 Å². The lowest BCUT2D eigenvalue weighted by Crippen LogP contribution is -2.29. The summed E-state index contributed by atoms with van der Waals surface area (Å²) in [4.78, 5) is 14.4. The zero-order valence-electron chi connectivity index (χ0n) is 15.5. The third-order valence-electron chi connectivity index (χ3n) is 5.06. The third kappa shape index (κ3) is 3.87. The van der Waals surface area contributed by atoms with E-state index in [4.69, 9.17) is 0 Å². The van der Waals surface area contributed by atoms with Crippen LogP contribution in [0, 0.1) is 0 Å². The van der Waals surface area contributed by atoms with E-state index in [-0.39, 0.29) is 10.8 Å².